The lowest BCUT2D eigenvalue weighted by Gasteiger charge is -2.31. The highest BCUT2D eigenvalue weighted by Gasteiger charge is 2.30. The van der Waals surface area contributed by atoms with E-state index < -0.39 is 6.04 Å². The van der Waals surface area contributed by atoms with Crippen molar-refractivity contribution in [3.63, 3.8) is 0 Å². The molecule has 1 unspecified atom stereocenters. The van der Waals surface area contributed by atoms with Crippen LogP contribution in [0.3, 0.4) is 0 Å². The molecule has 0 aliphatic heterocycles. The monoisotopic (exact) mass is 464 g/mol. The van der Waals surface area contributed by atoms with E-state index in [1.807, 2.05) is 48.5 Å². The maximum atomic E-state index is 14.4. The summed E-state index contributed by atoms with van der Waals surface area (Å²) in [6.07, 6.45) is 0.631. The van der Waals surface area contributed by atoms with Gasteiger partial charge in [-0.15, -0.1) is 0 Å². The first-order chi connectivity index (χ1) is 16.1. The Morgan fingerprint density at radius 1 is 0.909 bits per heavy atom. The molecule has 172 valence electrons. The van der Waals surface area contributed by atoms with Crippen LogP contribution in [0.4, 0.5) is 4.39 Å². The summed E-state index contributed by atoms with van der Waals surface area (Å²) in [4.78, 5) is 27.7. The van der Waals surface area contributed by atoms with Crippen LogP contribution in [0.1, 0.15) is 23.1 Å². The van der Waals surface area contributed by atoms with Crippen molar-refractivity contribution in [1.82, 2.24) is 10.2 Å². The van der Waals surface area contributed by atoms with Crippen molar-refractivity contribution in [1.29, 1.82) is 0 Å². The minimum atomic E-state index is -0.733. The number of rotatable bonds is 11. The molecule has 0 saturated heterocycles. The summed E-state index contributed by atoms with van der Waals surface area (Å²) in [6.45, 7) is 0.0414. The normalized spacial score (nSPS) is 11.6. The number of likely N-dealkylation sites (N-methyl/N-ethyl adjacent to an activating group) is 1. The van der Waals surface area contributed by atoms with Gasteiger partial charge in [-0.2, -0.15) is 11.8 Å². The first-order valence-corrected chi connectivity index (χ1v) is 12.1. The maximum absolute atomic E-state index is 14.4. The smallest absolute Gasteiger partial charge is 0.242 e. The zero-order valence-electron chi connectivity index (χ0n) is 18.7. The van der Waals surface area contributed by atoms with Gasteiger partial charge >= 0.3 is 0 Å². The van der Waals surface area contributed by atoms with Crippen LogP contribution in [0.15, 0.2) is 84.9 Å². The van der Waals surface area contributed by atoms with Gasteiger partial charge in [0.05, 0.1) is 0 Å². The lowest BCUT2D eigenvalue weighted by molar-refractivity contribution is -0.140. The van der Waals surface area contributed by atoms with Crippen molar-refractivity contribution >= 4 is 23.6 Å². The molecule has 0 bridgehead atoms. The molecule has 0 aliphatic rings. The Balaban J connectivity index is 1.76. The van der Waals surface area contributed by atoms with Crippen LogP contribution in [-0.4, -0.2) is 35.6 Å². The number of amides is 2. The molecule has 3 aromatic rings. The van der Waals surface area contributed by atoms with Crippen molar-refractivity contribution < 1.29 is 14.0 Å². The Hall–Kier alpha value is -3.12. The SMILES string of the molecule is CNC(=O)C(Cc1ccccc1)N(Cc1ccccc1F)C(=O)CCSCc1ccccc1. The zero-order valence-corrected chi connectivity index (χ0v) is 19.6. The van der Waals surface area contributed by atoms with Gasteiger partial charge in [-0.25, -0.2) is 4.39 Å². The predicted molar refractivity (Wildman–Crippen MR) is 132 cm³/mol. The second-order valence-electron chi connectivity index (χ2n) is 7.72. The Morgan fingerprint density at radius 2 is 1.52 bits per heavy atom. The summed E-state index contributed by atoms with van der Waals surface area (Å²) >= 11 is 1.67. The number of nitrogens with zero attached hydrogens (tertiary/aromatic N) is 1. The van der Waals surface area contributed by atoms with Gasteiger partial charge in [-0.3, -0.25) is 9.59 Å². The predicted octanol–water partition coefficient (Wildman–Crippen LogP) is 4.84. The number of benzene rings is 3. The van der Waals surface area contributed by atoms with E-state index in [1.54, 1.807) is 37.0 Å². The minimum absolute atomic E-state index is 0.0414. The Morgan fingerprint density at radius 3 is 2.15 bits per heavy atom. The zero-order chi connectivity index (χ0) is 23.5. The summed E-state index contributed by atoms with van der Waals surface area (Å²) in [5.41, 5.74) is 2.53. The van der Waals surface area contributed by atoms with Crippen molar-refractivity contribution in [3.8, 4) is 0 Å². The summed E-state index contributed by atoms with van der Waals surface area (Å²) < 4.78 is 14.4. The summed E-state index contributed by atoms with van der Waals surface area (Å²) in [6, 6.07) is 25.3. The molecular weight excluding hydrogens is 435 g/mol. The topological polar surface area (TPSA) is 49.4 Å². The van der Waals surface area contributed by atoms with Gasteiger partial charge in [0.15, 0.2) is 0 Å². The first kappa shape index (κ1) is 24.5. The molecule has 0 heterocycles. The van der Waals surface area contributed by atoms with Gasteiger partial charge in [0, 0.05) is 43.5 Å². The van der Waals surface area contributed by atoms with Crippen molar-refractivity contribution in [3.05, 3.63) is 107 Å². The number of nitrogens with one attached hydrogen (secondary N) is 1. The summed E-state index contributed by atoms with van der Waals surface area (Å²) in [7, 11) is 1.56. The molecule has 0 saturated carbocycles. The molecule has 1 N–H and O–H groups in total. The molecule has 4 nitrogen and oxygen atoms in total. The molecule has 6 heteroatoms. The third-order valence-electron chi connectivity index (χ3n) is 5.39. The van der Waals surface area contributed by atoms with E-state index in [4.69, 9.17) is 0 Å². The van der Waals surface area contributed by atoms with E-state index in [1.165, 1.54) is 16.5 Å². The Kier molecular flexibility index (Phi) is 9.51. The van der Waals surface area contributed by atoms with E-state index in [-0.39, 0.29) is 30.6 Å². The fourth-order valence-electron chi connectivity index (χ4n) is 3.60. The van der Waals surface area contributed by atoms with Crippen LogP contribution in [0.2, 0.25) is 0 Å². The molecule has 2 amide bonds. The Bertz CT molecular complexity index is 1030. The van der Waals surface area contributed by atoms with E-state index >= 15 is 0 Å². The fourth-order valence-corrected chi connectivity index (χ4v) is 4.49. The average Bonchev–Trinajstić information content (AvgIpc) is 2.85. The second-order valence-corrected chi connectivity index (χ2v) is 8.83. The lowest BCUT2D eigenvalue weighted by Crippen LogP contribution is -2.50. The average molecular weight is 465 g/mol. The maximum Gasteiger partial charge on any atom is 0.242 e. The van der Waals surface area contributed by atoms with E-state index in [2.05, 4.69) is 17.4 Å². The first-order valence-electron chi connectivity index (χ1n) is 11.0. The number of halogens is 1. The van der Waals surface area contributed by atoms with Gasteiger partial charge in [0.25, 0.3) is 0 Å². The van der Waals surface area contributed by atoms with Gasteiger partial charge in [0.1, 0.15) is 11.9 Å². The molecular formula is C27H29FN2O2S. The Labute approximate surface area is 199 Å². The largest absolute Gasteiger partial charge is 0.357 e. The third kappa shape index (κ3) is 7.46. The molecule has 1 atom stereocenters. The molecule has 0 radical (unpaired) electrons. The van der Waals surface area contributed by atoms with Crippen LogP contribution < -0.4 is 5.32 Å². The highest BCUT2D eigenvalue weighted by atomic mass is 32.2. The van der Waals surface area contributed by atoms with Gasteiger partial charge in [0.2, 0.25) is 11.8 Å². The minimum Gasteiger partial charge on any atom is -0.357 e. The van der Waals surface area contributed by atoms with Crippen LogP contribution in [-0.2, 0) is 28.3 Å². The van der Waals surface area contributed by atoms with E-state index in [0.29, 0.717) is 17.7 Å². The molecule has 3 rings (SSSR count). The number of thioether (sulfide) groups is 1. The molecule has 33 heavy (non-hydrogen) atoms. The molecule has 0 fully saturated rings. The fraction of sp³-hybridized carbons (Fsp3) is 0.259. The van der Waals surface area contributed by atoms with Gasteiger partial charge in [-0.05, 0) is 17.2 Å². The van der Waals surface area contributed by atoms with Crippen molar-refractivity contribution in [2.45, 2.75) is 31.2 Å². The summed E-state index contributed by atoms with van der Waals surface area (Å²) in [5, 5.41) is 2.68. The number of carbonyl (C=O) groups excluding carboxylic acids is 2. The van der Waals surface area contributed by atoms with Crippen molar-refractivity contribution in [2.24, 2.45) is 0 Å². The van der Waals surface area contributed by atoms with Gasteiger partial charge < -0.3 is 10.2 Å². The number of hydrogen-bond acceptors (Lipinski definition) is 3. The molecule has 3 aromatic carbocycles. The van der Waals surface area contributed by atoms with Crippen LogP contribution >= 0.6 is 11.8 Å². The van der Waals surface area contributed by atoms with Crippen LogP contribution in [0.25, 0.3) is 0 Å². The number of carbonyl (C=O) groups is 2. The highest BCUT2D eigenvalue weighted by molar-refractivity contribution is 7.98. The second kappa shape index (κ2) is 12.8. The standard InChI is InChI=1S/C27H29FN2O2S/c1-29-27(32)25(18-21-10-4-2-5-11-21)30(19-23-14-8-9-15-24(23)28)26(31)16-17-33-20-22-12-6-3-7-13-22/h2-15,25H,16-20H2,1H3,(H,29,32). The van der Waals surface area contributed by atoms with Crippen LogP contribution in [0, 0.1) is 5.82 Å². The van der Waals surface area contributed by atoms with Crippen LogP contribution in [0.5, 0.6) is 0 Å². The molecule has 0 aliphatic carbocycles. The van der Waals surface area contributed by atoms with E-state index in [9.17, 15) is 14.0 Å². The van der Waals surface area contributed by atoms with Gasteiger partial charge in [-0.1, -0.05) is 78.9 Å². The van der Waals surface area contributed by atoms with E-state index in [0.717, 1.165) is 11.3 Å². The quantitative estimate of drug-likeness (QED) is 0.413. The highest BCUT2D eigenvalue weighted by Crippen LogP contribution is 2.19. The lowest BCUT2D eigenvalue weighted by atomic mass is 10.0. The molecule has 0 spiro atoms. The third-order valence-corrected chi connectivity index (χ3v) is 6.42. The number of hydrogen-bond donors (Lipinski definition) is 1. The molecule has 0 aromatic heterocycles. The van der Waals surface area contributed by atoms with Crippen molar-refractivity contribution in [2.75, 3.05) is 12.8 Å². The summed E-state index contributed by atoms with van der Waals surface area (Å²) in [5.74, 6) is 0.616.